The van der Waals surface area contributed by atoms with Crippen LogP contribution in [0.5, 0.6) is 0 Å². The minimum atomic E-state index is -0.236. The van der Waals surface area contributed by atoms with Gasteiger partial charge in [0.05, 0.1) is 5.52 Å². The molecule has 0 aliphatic carbocycles. The standard InChI is InChI=1S/C16H13FN2/c17-15-5-3-11(10-18)8-14(15)12-4-6-16-13(9-12)2-1-7-19-16/h1-9H,10,18H2. The van der Waals surface area contributed by atoms with E-state index in [1.54, 1.807) is 18.3 Å². The van der Waals surface area contributed by atoms with Gasteiger partial charge in [-0.3, -0.25) is 4.98 Å². The molecule has 94 valence electrons. The number of halogens is 1. The molecule has 3 aromatic rings. The zero-order valence-electron chi connectivity index (χ0n) is 10.3. The summed E-state index contributed by atoms with van der Waals surface area (Å²) in [5, 5.41) is 0.998. The first-order chi connectivity index (χ1) is 9.28. The van der Waals surface area contributed by atoms with Crippen molar-refractivity contribution in [2.45, 2.75) is 6.54 Å². The fraction of sp³-hybridized carbons (Fsp3) is 0.0625. The van der Waals surface area contributed by atoms with Crippen LogP contribution in [0.15, 0.2) is 54.7 Å². The summed E-state index contributed by atoms with van der Waals surface area (Å²) in [5.41, 5.74) is 8.85. The molecular formula is C16H13FN2. The third-order valence-electron chi connectivity index (χ3n) is 3.18. The Morgan fingerprint density at radius 2 is 1.95 bits per heavy atom. The Bertz CT molecular complexity index is 738. The van der Waals surface area contributed by atoms with Gasteiger partial charge in [0.25, 0.3) is 0 Å². The lowest BCUT2D eigenvalue weighted by Crippen LogP contribution is -1.97. The van der Waals surface area contributed by atoms with Crippen LogP contribution in [0.4, 0.5) is 4.39 Å². The van der Waals surface area contributed by atoms with Crippen LogP contribution in [0.2, 0.25) is 0 Å². The lowest BCUT2D eigenvalue weighted by Gasteiger charge is -2.07. The molecule has 0 saturated carbocycles. The summed E-state index contributed by atoms with van der Waals surface area (Å²) in [6.07, 6.45) is 1.75. The van der Waals surface area contributed by atoms with E-state index < -0.39 is 0 Å². The molecule has 2 N–H and O–H groups in total. The Hall–Kier alpha value is -2.26. The van der Waals surface area contributed by atoms with Crippen molar-refractivity contribution in [3.05, 3.63) is 66.1 Å². The Morgan fingerprint density at radius 3 is 2.79 bits per heavy atom. The molecule has 0 aliphatic heterocycles. The van der Waals surface area contributed by atoms with Crippen LogP contribution in [0.1, 0.15) is 5.56 Å². The number of hydrogen-bond acceptors (Lipinski definition) is 2. The van der Waals surface area contributed by atoms with Crippen LogP contribution in [0.3, 0.4) is 0 Å². The summed E-state index contributed by atoms with van der Waals surface area (Å²) < 4.78 is 13.9. The zero-order chi connectivity index (χ0) is 13.2. The maximum Gasteiger partial charge on any atom is 0.131 e. The molecule has 3 heteroatoms. The van der Waals surface area contributed by atoms with Gasteiger partial charge in [-0.15, -0.1) is 0 Å². The fourth-order valence-corrected chi connectivity index (χ4v) is 2.16. The van der Waals surface area contributed by atoms with E-state index >= 15 is 0 Å². The molecule has 0 bridgehead atoms. The van der Waals surface area contributed by atoms with E-state index in [0.29, 0.717) is 12.1 Å². The summed E-state index contributed by atoms with van der Waals surface area (Å²) in [6, 6.07) is 14.5. The molecule has 1 aromatic heterocycles. The zero-order valence-corrected chi connectivity index (χ0v) is 10.3. The second-order valence-corrected chi connectivity index (χ2v) is 4.43. The van der Waals surface area contributed by atoms with E-state index in [1.807, 2.05) is 30.3 Å². The van der Waals surface area contributed by atoms with Crippen LogP contribution in [0.25, 0.3) is 22.0 Å². The second kappa shape index (κ2) is 4.78. The van der Waals surface area contributed by atoms with Gasteiger partial charge in [-0.1, -0.05) is 18.2 Å². The van der Waals surface area contributed by atoms with Gasteiger partial charge in [-0.25, -0.2) is 4.39 Å². The van der Waals surface area contributed by atoms with Crippen LogP contribution >= 0.6 is 0 Å². The first-order valence-electron chi connectivity index (χ1n) is 6.11. The molecular weight excluding hydrogens is 239 g/mol. The largest absolute Gasteiger partial charge is 0.326 e. The molecule has 19 heavy (non-hydrogen) atoms. The van der Waals surface area contributed by atoms with Crippen molar-refractivity contribution in [2.24, 2.45) is 5.73 Å². The van der Waals surface area contributed by atoms with Crippen LogP contribution in [0, 0.1) is 5.82 Å². The van der Waals surface area contributed by atoms with Gasteiger partial charge >= 0.3 is 0 Å². The van der Waals surface area contributed by atoms with E-state index in [0.717, 1.165) is 22.0 Å². The van der Waals surface area contributed by atoms with Crippen LogP contribution in [-0.4, -0.2) is 4.98 Å². The third kappa shape index (κ3) is 2.20. The van der Waals surface area contributed by atoms with Crippen molar-refractivity contribution in [1.82, 2.24) is 4.98 Å². The molecule has 0 radical (unpaired) electrons. The summed E-state index contributed by atoms with van der Waals surface area (Å²) >= 11 is 0. The first kappa shape index (κ1) is 11.8. The molecule has 3 rings (SSSR count). The quantitative estimate of drug-likeness (QED) is 0.758. The number of nitrogens with two attached hydrogens (primary N) is 1. The SMILES string of the molecule is NCc1ccc(F)c(-c2ccc3ncccc3c2)c1. The first-order valence-corrected chi connectivity index (χ1v) is 6.11. The van der Waals surface area contributed by atoms with E-state index in [-0.39, 0.29) is 5.82 Å². The minimum absolute atomic E-state index is 0.236. The van der Waals surface area contributed by atoms with Crippen molar-refractivity contribution in [2.75, 3.05) is 0 Å². The summed E-state index contributed by atoms with van der Waals surface area (Å²) in [4.78, 5) is 4.26. The predicted molar refractivity (Wildman–Crippen MR) is 75.0 cm³/mol. The van der Waals surface area contributed by atoms with Gasteiger partial charge in [0.1, 0.15) is 5.82 Å². The normalized spacial score (nSPS) is 10.8. The third-order valence-corrected chi connectivity index (χ3v) is 3.18. The molecule has 2 aromatic carbocycles. The van der Waals surface area contributed by atoms with Gasteiger partial charge in [-0.2, -0.15) is 0 Å². The topological polar surface area (TPSA) is 38.9 Å². The Balaban J connectivity index is 2.18. The number of nitrogens with zero attached hydrogens (tertiary/aromatic N) is 1. The van der Waals surface area contributed by atoms with E-state index in [2.05, 4.69) is 4.98 Å². The molecule has 2 nitrogen and oxygen atoms in total. The molecule has 0 spiro atoms. The van der Waals surface area contributed by atoms with Gasteiger partial charge in [0.15, 0.2) is 0 Å². The fourth-order valence-electron chi connectivity index (χ4n) is 2.16. The number of rotatable bonds is 2. The van der Waals surface area contributed by atoms with Gasteiger partial charge < -0.3 is 5.73 Å². The maximum absolute atomic E-state index is 13.9. The van der Waals surface area contributed by atoms with E-state index in [4.69, 9.17) is 5.73 Å². The molecule has 0 aliphatic rings. The average Bonchev–Trinajstić information content (AvgIpc) is 2.47. The number of benzene rings is 2. The molecule has 0 unspecified atom stereocenters. The molecule has 1 heterocycles. The van der Waals surface area contributed by atoms with Crippen molar-refractivity contribution < 1.29 is 4.39 Å². The lowest BCUT2D eigenvalue weighted by molar-refractivity contribution is 0.630. The Kier molecular flexibility index (Phi) is 2.97. The highest BCUT2D eigenvalue weighted by Gasteiger charge is 2.07. The number of aromatic nitrogens is 1. The number of fused-ring (bicyclic) bond motifs is 1. The number of hydrogen-bond donors (Lipinski definition) is 1. The van der Waals surface area contributed by atoms with E-state index in [9.17, 15) is 4.39 Å². The highest BCUT2D eigenvalue weighted by Crippen LogP contribution is 2.26. The second-order valence-electron chi connectivity index (χ2n) is 4.43. The van der Waals surface area contributed by atoms with Crippen molar-refractivity contribution in [3.63, 3.8) is 0 Å². The Labute approximate surface area is 110 Å². The molecule has 0 atom stereocenters. The van der Waals surface area contributed by atoms with Crippen molar-refractivity contribution >= 4 is 10.9 Å². The Morgan fingerprint density at radius 1 is 1.05 bits per heavy atom. The highest BCUT2D eigenvalue weighted by molar-refractivity contribution is 5.84. The number of pyridine rings is 1. The van der Waals surface area contributed by atoms with Gasteiger partial charge in [0, 0.05) is 23.7 Å². The van der Waals surface area contributed by atoms with Crippen LogP contribution in [-0.2, 0) is 6.54 Å². The summed E-state index contributed by atoms with van der Waals surface area (Å²) in [5.74, 6) is -0.236. The smallest absolute Gasteiger partial charge is 0.131 e. The van der Waals surface area contributed by atoms with E-state index in [1.165, 1.54) is 6.07 Å². The molecule has 0 amide bonds. The molecule has 0 fully saturated rings. The van der Waals surface area contributed by atoms with Crippen molar-refractivity contribution in [1.29, 1.82) is 0 Å². The summed E-state index contributed by atoms with van der Waals surface area (Å²) in [7, 11) is 0. The maximum atomic E-state index is 13.9. The van der Waals surface area contributed by atoms with Crippen molar-refractivity contribution in [3.8, 4) is 11.1 Å². The summed E-state index contributed by atoms with van der Waals surface area (Å²) in [6.45, 7) is 0.405. The monoisotopic (exact) mass is 252 g/mol. The molecule has 0 saturated heterocycles. The average molecular weight is 252 g/mol. The lowest BCUT2D eigenvalue weighted by atomic mass is 10.0. The van der Waals surface area contributed by atoms with Gasteiger partial charge in [0.2, 0.25) is 0 Å². The van der Waals surface area contributed by atoms with Gasteiger partial charge in [-0.05, 0) is 41.5 Å². The minimum Gasteiger partial charge on any atom is -0.326 e. The predicted octanol–water partition coefficient (Wildman–Crippen LogP) is 3.50. The highest BCUT2D eigenvalue weighted by atomic mass is 19.1. The van der Waals surface area contributed by atoms with Crippen LogP contribution < -0.4 is 5.73 Å².